The molecule has 0 spiro atoms. The van der Waals surface area contributed by atoms with E-state index in [1.54, 1.807) is 6.07 Å². The van der Waals surface area contributed by atoms with Gasteiger partial charge in [-0.2, -0.15) is 0 Å². The Labute approximate surface area is 117 Å². The number of halogens is 2. The summed E-state index contributed by atoms with van der Waals surface area (Å²) < 4.78 is 31.5. The normalized spacial score (nSPS) is 24.3. The van der Waals surface area contributed by atoms with Crippen molar-refractivity contribution in [3.63, 3.8) is 0 Å². The molecule has 1 aliphatic rings. The van der Waals surface area contributed by atoms with Gasteiger partial charge < -0.3 is 15.2 Å². The number of hydrogen-bond acceptors (Lipinski definition) is 3. The third-order valence-corrected chi connectivity index (χ3v) is 3.70. The van der Waals surface area contributed by atoms with Gasteiger partial charge in [0.25, 0.3) is 0 Å². The summed E-state index contributed by atoms with van der Waals surface area (Å²) in [7, 11) is 0. The Morgan fingerprint density at radius 3 is 2.65 bits per heavy atom. The molecular weight excluding hydrogens is 264 g/mol. The van der Waals surface area contributed by atoms with E-state index in [0.29, 0.717) is 31.7 Å². The van der Waals surface area contributed by atoms with Crippen molar-refractivity contribution < 1.29 is 18.6 Å². The first kappa shape index (κ1) is 15.4. The van der Waals surface area contributed by atoms with Crippen LogP contribution in [0.5, 0.6) is 0 Å². The number of benzene rings is 1. The van der Waals surface area contributed by atoms with Gasteiger partial charge in [0, 0.05) is 25.6 Å². The summed E-state index contributed by atoms with van der Waals surface area (Å²) in [6.07, 6.45) is 0.586. The number of nitrogens with one attached hydrogen (secondary N) is 1. The van der Waals surface area contributed by atoms with Crippen molar-refractivity contribution in [3.05, 3.63) is 35.4 Å². The van der Waals surface area contributed by atoms with Crippen LogP contribution >= 0.6 is 0 Å². The van der Waals surface area contributed by atoms with Crippen molar-refractivity contribution >= 4 is 0 Å². The number of rotatable bonds is 5. The molecule has 0 amide bonds. The predicted octanol–water partition coefficient (Wildman–Crippen LogP) is 2.40. The van der Waals surface area contributed by atoms with Crippen molar-refractivity contribution in [2.24, 2.45) is 5.92 Å². The van der Waals surface area contributed by atoms with Gasteiger partial charge in [-0.05, 0) is 23.6 Å². The molecule has 112 valence electrons. The molecule has 0 saturated carbocycles. The Bertz CT molecular complexity index is 459. The molecule has 0 radical (unpaired) electrons. The maximum absolute atomic E-state index is 13.3. The Hall–Kier alpha value is -1.04. The fraction of sp³-hybridized carbons (Fsp3) is 0.600. The topological polar surface area (TPSA) is 41.5 Å². The van der Waals surface area contributed by atoms with Crippen LogP contribution in [-0.4, -0.2) is 30.5 Å². The minimum atomic E-state index is -0.869. The Balaban J connectivity index is 2.08. The molecule has 1 fully saturated rings. The molecule has 0 aliphatic carbocycles. The van der Waals surface area contributed by atoms with E-state index in [0.717, 1.165) is 6.07 Å². The highest BCUT2D eigenvalue weighted by Gasteiger charge is 2.33. The minimum absolute atomic E-state index is 0.144. The van der Waals surface area contributed by atoms with Crippen molar-refractivity contribution in [2.45, 2.75) is 31.9 Å². The molecule has 0 bridgehead atoms. The van der Waals surface area contributed by atoms with Crippen LogP contribution < -0.4 is 5.32 Å². The fourth-order valence-electron chi connectivity index (χ4n) is 2.48. The standard InChI is InChI=1S/C15H21F2NO2/c1-10(2)14(11-3-4-12(16)13(17)7-11)18-8-15(19)5-6-20-9-15/h3-4,7,10,14,18-19H,5-6,8-9H2,1-2H3. The van der Waals surface area contributed by atoms with Crippen LogP contribution in [0.2, 0.25) is 0 Å². The SMILES string of the molecule is CC(C)C(NCC1(O)CCOC1)c1ccc(F)c(F)c1. The lowest BCUT2D eigenvalue weighted by molar-refractivity contribution is 0.0234. The van der Waals surface area contributed by atoms with Crippen molar-refractivity contribution in [3.8, 4) is 0 Å². The Kier molecular flexibility index (Phi) is 4.73. The zero-order valence-electron chi connectivity index (χ0n) is 11.8. The molecule has 1 aromatic rings. The first-order chi connectivity index (χ1) is 9.41. The Morgan fingerprint density at radius 2 is 2.10 bits per heavy atom. The van der Waals surface area contributed by atoms with E-state index in [1.165, 1.54) is 6.07 Å². The maximum Gasteiger partial charge on any atom is 0.159 e. The molecule has 2 rings (SSSR count). The number of hydrogen-bond donors (Lipinski definition) is 2. The number of ether oxygens (including phenoxy) is 1. The highest BCUT2D eigenvalue weighted by molar-refractivity contribution is 5.22. The molecule has 0 aromatic heterocycles. The maximum atomic E-state index is 13.3. The molecule has 1 heterocycles. The van der Waals surface area contributed by atoms with E-state index in [1.807, 2.05) is 13.8 Å². The lowest BCUT2D eigenvalue weighted by Crippen LogP contribution is -2.43. The molecule has 5 heteroatoms. The van der Waals surface area contributed by atoms with Crippen molar-refractivity contribution in [2.75, 3.05) is 19.8 Å². The van der Waals surface area contributed by atoms with Gasteiger partial charge in [0.1, 0.15) is 5.60 Å². The summed E-state index contributed by atoms with van der Waals surface area (Å²) in [5.74, 6) is -1.51. The van der Waals surface area contributed by atoms with Crippen LogP contribution in [0.25, 0.3) is 0 Å². The fourth-order valence-corrected chi connectivity index (χ4v) is 2.48. The van der Waals surface area contributed by atoms with E-state index in [2.05, 4.69) is 5.32 Å². The molecule has 2 unspecified atom stereocenters. The van der Waals surface area contributed by atoms with Gasteiger partial charge in [0.05, 0.1) is 6.61 Å². The largest absolute Gasteiger partial charge is 0.386 e. The van der Waals surface area contributed by atoms with Crippen LogP contribution in [0.4, 0.5) is 8.78 Å². The predicted molar refractivity (Wildman–Crippen MR) is 72.3 cm³/mol. The van der Waals surface area contributed by atoms with E-state index >= 15 is 0 Å². The molecular formula is C15H21F2NO2. The second-order valence-electron chi connectivity index (χ2n) is 5.80. The van der Waals surface area contributed by atoms with Gasteiger partial charge in [-0.25, -0.2) is 8.78 Å². The van der Waals surface area contributed by atoms with E-state index < -0.39 is 17.2 Å². The molecule has 1 aromatic carbocycles. The summed E-state index contributed by atoms with van der Waals surface area (Å²) in [5, 5.41) is 13.5. The average molecular weight is 285 g/mol. The van der Waals surface area contributed by atoms with Crippen LogP contribution in [0.1, 0.15) is 31.9 Å². The molecule has 2 N–H and O–H groups in total. The van der Waals surface area contributed by atoms with E-state index in [9.17, 15) is 13.9 Å². The van der Waals surface area contributed by atoms with Gasteiger partial charge in [0.2, 0.25) is 0 Å². The monoisotopic (exact) mass is 285 g/mol. The summed E-state index contributed by atoms with van der Waals surface area (Å²) in [6.45, 7) is 5.22. The Morgan fingerprint density at radius 1 is 1.35 bits per heavy atom. The zero-order chi connectivity index (χ0) is 14.8. The summed E-state index contributed by atoms with van der Waals surface area (Å²) in [4.78, 5) is 0. The van der Waals surface area contributed by atoms with Crippen molar-refractivity contribution in [1.29, 1.82) is 0 Å². The first-order valence-corrected chi connectivity index (χ1v) is 6.90. The van der Waals surface area contributed by atoms with Crippen LogP contribution in [0.3, 0.4) is 0 Å². The summed E-state index contributed by atoms with van der Waals surface area (Å²) in [5.41, 5.74) is -0.187. The van der Waals surface area contributed by atoms with E-state index in [4.69, 9.17) is 4.74 Å². The minimum Gasteiger partial charge on any atom is -0.386 e. The summed E-state index contributed by atoms with van der Waals surface area (Å²) in [6, 6.07) is 3.78. The molecule has 20 heavy (non-hydrogen) atoms. The van der Waals surface area contributed by atoms with Gasteiger partial charge in [-0.3, -0.25) is 0 Å². The first-order valence-electron chi connectivity index (χ1n) is 6.90. The quantitative estimate of drug-likeness (QED) is 0.873. The third kappa shape index (κ3) is 3.53. The van der Waals surface area contributed by atoms with Gasteiger partial charge in [-0.15, -0.1) is 0 Å². The lowest BCUT2D eigenvalue weighted by atomic mass is 9.94. The van der Waals surface area contributed by atoms with Gasteiger partial charge in [-0.1, -0.05) is 19.9 Å². The van der Waals surface area contributed by atoms with Crippen LogP contribution in [0.15, 0.2) is 18.2 Å². The van der Waals surface area contributed by atoms with Crippen molar-refractivity contribution in [1.82, 2.24) is 5.32 Å². The molecule has 1 saturated heterocycles. The van der Waals surface area contributed by atoms with Gasteiger partial charge >= 0.3 is 0 Å². The average Bonchev–Trinajstić information content (AvgIpc) is 2.80. The third-order valence-electron chi connectivity index (χ3n) is 3.70. The van der Waals surface area contributed by atoms with Crippen LogP contribution in [-0.2, 0) is 4.74 Å². The smallest absolute Gasteiger partial charge is 0.159 e. The highest BCUT2D eigenvalue weighted by atomic mass is 19.2. The second kappa shape index (κ2) is 6.16. The lowest BCUT2D eigenvalue weighted by Gasteiger charge is -2.28. The highest BCUT2D eigenvalue weighted by Crippen LogP contribution is 2.25. The van der Waals surface area contributed by atoms with E-state index in [-0.39, 0.29) is 12.0 Å². The molecule has 3 nitrogen and oxygen atoms in total. The zero-order valence-corrected chi connectivity index (χ0v) is 11.8. The second-order valence-corrected chi connectivity index (χ2v) is 5.80. The van der Waals surface area contributed by atoms with Gasteiger partial charge in [0.15, 0.2) is 11.6 Å². The molecule has 1 aliphatic heterocycles. The van der Waals surface area contributed by atoms with Crippen LogP contribution in [0, 0.1) is 17.6 Å². The molecule has 2 atom stereocenters. The summed E-state index contributed by atoms with van der Waals surface area (Å²) >= 11 is 0. The number of aliphatic hydroxyl groups is 1.